The number of anilines is 1. The fourth-order valence-corrected chi connectivity index (χ4v) is 4.41. The summed E-state index contributed by atoms with van der Waals surface area (Å²) in [5, 5.41) is 24.4. The van der Waals surface area contributed by atoms with Gasteiger partial charge in [-0.2, -0.15) is 0 Å². The van der Waals surface area contributed by atoms with Crippen molar-refractivity contribution in [3.63, 3.8) is 0 Å². The Morgan fingerprint density at radius 2 is 1.97 bits per heavy atom. The van der Waals surface area contributed by atoms with Crippen LogP contribution in [0.2, 0.25) is 0 Å². The van der Waals surface area contributed by atoms with E-state index in [9.17, 15) is 15.0 Å². The van der Waals surface area contributed by atoms with Crippen LogP contribution in [0, 0.1) is 0 Å². The summed E-state index contributed by atoms with van der Waals surface area (Å²) < 4.78 is 0. The lowest BCUT2D eigenvalue weighted by atomic mass is 9.92. The molecule has 0 saturated carbocycles. The standard InChI is InChI=1S/C26H31N3O3/c30-22(9-3-2-8-21-12-11-18-7-5-15-27-25(18)29-21)13-14-23(26(31)32)20-16-19-6-1-4-10-24(19)28-17-20/h1,4,6,10-12,16-17,22-23,30H,2-3,5,7-9,13-15H2,(H,27,29)(H,31,32)/t22-,23?/m0/s1. The number of nitrogens with one attached hydrogen (secondary N) is 1. The van der Waals surface area contributed by atoms with Gasteiger partial charge in [0.2, 0.25) is 0 Å². The van der Waals surface area contributed by atoms with Gasteiger partial charge in [0.1, 0.15) is 5.82 Å². The van der Waals surface area contributed by atoms with E-state index in [0.29, 0.717) is 24.8 Å². The lowest BCUT2D eigenvalue weighted by molar-refractivity contribution is -0.139. The predicted octanol–water partition coefficient (Wildman–Crippen LogP) is 4.71. The summed E-state index contributed by atoms with van der Waals surface area (Å²) >= 11 is 0. The zero-order chi connectivity index (χ0) is 22.3. The van der Waals surface area contributed by atoms with E-state index >= 15 is 0 Å². The van der Waals surface area contributed by atoms with Crippen molar-refractivity contribution in [3.05, 3.63) is 65.5 Å². The van der Waals surface area contributed by atoms with Crippen molar-refractivity contribution < 1.29 is 15.0 Å². The largest absolute Gasteiger partial charge is 0.481 e. The smallest absolute Gasteiger partial charge is 0.311 e. The number of carboxylic acids is 1. The maximum absolute atomic E-state index is 11.8. The second-order valence-corrected chi connectivity index (χ2v) is 8.67. The lowest BCUT2D eigenvalue weighted by Gasteiger charge is -2.17. The molecular weight excluding hydrogens is 402 g/mol. The molecule has 1 aromatic carbocycles. The minimum absolute atomic E-state index is 0.397. The number of hydrogen-bond acceptors (Lipinski definition) is 5. The van der Waals surface area contributed by atoms with E-state index in [2.05, 4.69) is 22.4 Å². The molecule has 3 aromatic rings. The van der Waals surface area contributed by atoms with Crippen LogP contribution in [0.1, 0.15) is 61.3 Å². The maximum atomic E-state index is 11.8. The van der Waals surface area contributed by atoms with Crippen LogP contribution in [0.15, 0.2) is 48.7 Å². The molecule has 0 amide bonds. The van der Waals surface area contributed by atoms with Crippen LogP contribution in [0.4, 0.5) is 5.82 Å². The van der Waals surface area contributed by atoms with E-state index in [1.807, 2.05) is 30.3 Å². The minimum atomic E-state index is -0.874. The molecular formula is C26H31N3O3. The van der Waals surface area contributed by atoms with E-state index < -0.39 is 18.0 Å². The Morgan fingerprint density at radius 1 is 1.09 bits per heavy atom. The third kappa shape index (κ3) is 5.62. The van der Waals surface area contributed by atoms with E-state index in [1.165, 1.54) is 5.56 Å². The van der Waals surface area contributed by atoms with Crippen molar-refractivity contribution in [3.8, 4) is 0 Å². The number of aromatic nitrogens is 2. The van der Waals surface area contributed by atoms with Gasteiger partial charge in [0.25, 0.3) is 0 Å². The van der Waals surface area contributed by atoms with Gasteiger partial charge in [-0.1, -0.05) is 30.7 Å². The first-order chi connectivity index (χ1) is 15.6. The Labute approximate surface area is 188 Å². The number of aryl methyl sites for hydroxylation is 2. The molecule has 0 fully saturated rings. The quantitative estimate of drug-likeness (QED) is 0.401. The van der Waals surface area contributed by atoms with E-state index in [4.69, 9.17) is 4.98 Å². The Morgan fingerprint density at radius 3 is 2.84 bits per heavy atom. The normalized spacial score (nSPS) is 15.0. The second kappa shape index (κ2) is 10.6. The number of pyridine rings is 2. The maximum Gasteiger partial charge on any atom is 0.311 e. The van der Waals surface area contributed by atoms with E-state index in [1.54, 1.807) is 6.20 Å². The Kier molecular flexibility index (Phi) is 7.32. The van der Waals surface area contributed by atoms with Gasteiger partial charge in [0.05, 0.1) is 17.5 Å². The minimum Gasteiger partial charge on any atom is -0.481 e. The van der Waals surface area contributed by atoms with Gasteiger partial charge >= 0.3 is 5.97 Å². The average molecular weight is 434 g/mol. The zero-order valence-electron chi connectivity index (χ0n) is 18.3. The van der Waals surface area contributed by atoms with Crippen LogP contribution in [0.3, 0.4) is 0 Å². The zero-order valence-corrected chi connectivity index (χ0v) is 18.3. The van der Waals surface area contributed by atoms with Crippen molar-refractivity contribution in [1.29, 1.82) is 0 Å². The molecule has 0 radical (unpaired) electrons. The van der Waals surface area contributed by atoms with Crippen molar-refractivity contribution in [2.75, 3.05) is 11.9 Å². The van der Waals surface area contributed by atoms with Gasteiger partial charge in [-0.25, -0.2) is 4.98 Å². The van der Waals surface area contributed by atoms with Crippen molar-refractivity contribution in [2.24, 2.45) is 0 Å². The number of hydrogen-bond donors (Lipinski definition) is 3. The molecule has 1 aliphatic rings. The molecule has 0 spiro atoms. The van der Waals surface area contributed by atoms with Crippen molar-refractivity contribution >= 4 is 22.7 Å². The average Bonchev–Trinajstić information content (AvgIpc) is 2.81. The Hall–Kier alpha value is -2.99. The molecule has 2 aromatic heterocycles. The highest BCUT2D eigenvalue weighted by Gasteiger charge is 2.22. The molecule has 1 unspecified atom stereocenters. The lowest BCUT2D eigenvalue weighted by Crippen LogP contribution is -2.16. The molecule has 3 heterocycles. The molecule has 3 N–H and O–H groups in total. The molecule has 32 heavy (non-hydrogen) atoms. The van der Waals surface area contributed by atoms with Crippen molar-refractivity contribution in [1.82, 2.24) is 9.97 Å². The van der Waals surface area contributed by atoms with Crippen molar-refractivity contribution in [2.45, 2.75) is 63.4 Å². The predicted molar refractivity (Wildman–Crippen MR) is 126 cm³/mol. The van der Waals surface area contributed by atoms with Crippen LogP contribution in [-0.2, 0) is 17.6 Å². The third-order valence-electron chi connectivity index (χ3n) is 6.27. The fraction of sp³-hybridized carbons (Fsp3) is 0.423. The van der Waals surface area contributed by atoms with Gasteiger partial charge in [0, 0.05) is 23.8 Å². The summed E-state index contributed by atoms with van der Waals surface area (Å²) in [6.07, 6.45) is 7.67. The number of aliphatic hydroxyl groups is 1. The summed E-state index contributed by atoms with van der Waals surface area (Å²) in [6, 6.07) is 13.9. The molecule has 2 atom stereocenters. The number of carbonyl (C=O) groups is 1. The summed E-state index contributed by atoms with van der Waals surface area (Å²) in [4.78, 5) is 21.0. The number of carboxylic acid groups (broad SMARTS) is 1. The number of aliphatic carboxylic acids is 1. The number of para-hydroxylation sites is 1. The van der Waals surface area contributed by atoms with Gasteiger partial charge in [0.15, 0.2) is 0 Å². The first-order valence-corrected chi connectivity index (χ1v) is 11.6. The third-order valence-corrected chi connectivity index (χ3v) is 6.27. The molecule has 0 aliphatic carbocycles. The highest BCUT2D eigenvalue weighted by atomic mass is 16.4. The van der Waals surface area contributed by atoms with Gasteiger partial charge in [-0.05, 0) is 74.3 Å². The Bertz CT molecular complexity index is 1070. The molecule has 168 valence electrons. The van der Waals surface area contributed by atoms with Crippen LogP contribution < -0.4 is 5.32 Å². The first kappa shape index (κ1) is 22.2. The monoisotopic (exact) mass is 433 g/mol. The molecule has 0 saturated heterocycles. The van der Waals surface area contributed by atoms with Crippen LogP contribution in [-0.4, -0.2) is 38.8 Å². The van der Waals surface area contributed by atoms with Gasteiger partial charge < -0.3 is 15.5 Å². The number of nitrogens with zero attached hydrogens (tertiary/aromatic N) is 2. The number of unbranched alkanes of at least 4 members (excludes halogenated alkanes) is 1. The summed E-state index contributed by atoms with van der Waals surface area (Å²) in [7, 11) is 0. The SMILES string of the molecule is O=C(O)C(CC[C@@H](O)CCCCc1ccc2c(n1)NCCC2)c1cnc2ccccc2c1. The van der Waals surface area contributed by atoms with E-state index in [-0.39, 0.29) is 0 Å². The fourth-order valence-electron chi connectivity index (χ4n) is 4.41. The molecule has 6 heteroatoms. The summed E-state index contributed by atoms with van der Waals surface area (Å²) in [5.74, 6) is -0.507. The topological polar surface area (TPSA) is 95.3 Å². The van der Waals surface area contributed by atoms with Gasteiger partial charge in [-0.15, -0.1) is 0 Å². The number of aliphatic hydroxyl groups excluding tert-OH is 1. The van der Waals surface area contributed by atoms with E-state index in [0.717, 1.165) is 61.1 Å². The number of benzene rings is 1. The highest BCUT2D eigenvalue weighted by molar-refractivity contribution is 5.82. The first-order valence-electron chi connectivity index (χ1n) is 11.6. The van der Waals surface area contributed by atoms with Crippen LogP contribution >= 0.6 is 0 Å². The Balaban J connectivity index is 1.24. The van der Waals surface area contributed by atoms with Crippen LogP contribution in [0.5, 0.6) is 0 Å². The highest BCUT2D eigenvalue weighted by Crippen LogP contribution is 2.26. The number of rotatable bonds is 10. The van der Waals surface area contributed by atoms with Gasteiger partial charge in [-0.3, -0.25) is 9.78 Å². The summed E-state index contributed by atoms with van der Waals surface area (Å²) in [5.41, 5.74) is 3.92. The molecule has 4 rings (SSSR count). The molecule has 6 nitrogen and oxygen atoms in total. The summed E-state index contributed by atoms with van der Waals surface area (Å²) in [6.45, 7) is 0.988. The molecule has 0 bridgehead atoms. The number of fused-ring (bicyclic) bond motifs is 2. The molecule has 1 aliphatic heterocycles. The van der Waals surface area contributed by atoms with Crippen LogP contribution in [0.25, 0.3) is 10.9 Å². The second-order valence-electron chi connectivity index (χ2n) is 8.67.